The van der Waals surface area contributed by atoms with Crippen LogP contribution < -0.4 is 4.90 Å². The van der Waals surface area contributed by atoms with E-state index in [1.807, 2.05) is 0 Å². The molecule has 26 heavy (non-hydrogen) atoms. The molecule has 0 saturated carbocycles. The molecule has 0 N–H and O–H groups in total. The Kier molecular flexibility index (Phi) is 4.79. The summed E-state index contributed by atoms with van der Waals surface area (Å²) < 4.78 is 28.2. The Morgan fingerprint density at radius 2 is 1.69 bits per heavy atom. The van der Waals surface area contributed by atoms with Crippen LogP contribution in [0.25, 0.3) is 0 Å². The number of nitrogens with zero attached hydrogens (tertiary/aromatic N) is 3. The zero-order valence-electron chi connectivity index (χ0n) is 15.3. The first-order valence-electron chi connectivity index (χ1n) is 9.61. The van der Waals surface area contributed by atoms with Crippen molar-refractivity contribution in [1.82, 2.24) is 9.21 Å². The first-order valence-corrected chi connectivity index (χ1v) is 11.0. The van der Waals surface area contributed by atoms with Gasteiger partial charge in [-0.05, 0) is 63.5 Å². The molecule has 2 atom stereocenters. The van der Waals surface area contributed by atoms with Gasteiger partial charge in [0.2, 0.25) is 15.9 Å². The molecule has 1 amide bonds. The largest absolute Gasteiger partial charge is 0.312 e. The van der Waals surface area contributed by atoms with Gasteiger partial charge in [0, 0.05) is 37.3 Å². The molecule has 0 spiro atoms. The summed E-state index contributed by atoms with van der Waals surface area (Å²) in [6.07, 6.45) is 5.49. The quantitative estimate of drug-likeness (QED) is 0.809. The van der Waals surface area contributed by atoms with Gasteiger partial charge in [-0.2, -0.15) is 4.31 Å². The summed E-state index contributed by atoms with van der Waals surface area (Å²) in [5.74, 6) is 0.115. The molecule has 1 aromatic rings. The van der Waals surface area contributed by atoms with Crippen LogP contribution in [0.2, 0.25) is 0 Å². The predicted molar refractivity (Wildman–Crippen MR) is 101 cm³/mol. The highest BCUT2D eigenvalue weighted by Gasteiger charge is 2.43. The molecule has 0 aromatic heterocycles. The molecule has 142 valence electrons. The molecule has 3 saturated heterocycles. The van der Waals surface area contributed by atoms with Crippen molar-refractivity contribution in [3.63, 3.8) is 0 Å². The highest BCUT2D eigenvalue weighted by Crippen LogP contribution is 2.34. The smallest absolute Gasteiger partial charge is 0.243 e. The van der Waals surface area contributed by atoms with Gasteiger partial charge in [-0.1, -0.05) is 6.42 Å². The maximum absolute atomic E-state index is 13.2. The van der Waals surface area contributed by atoms with E-state index >= 15 is 0 Å². The Morgan fingerprint density at radius 3 is 2.38 bits per heavy atom. The van der Waals surface area contributed by atoms with Crippen LogP contribution in [0.4, 0.5) is 5.69 Å². The van der Waals surface area contributed by atoms with Crippen molar-refractivity contribution < 1.29 is 13.2 Å². The van der Waals surface area contributed by atoms with Crippen LogP contribution in [0.3, 0.4) is 0 Å². The topological polar surface area (TPSA) is 60.9 Å². The van der Waals surface area contributed by atoms with Gasteiger partial charge in [-0.25, -0.2) is 8.42 Å². The average molecular weight is 378 g/mol. The number of amides is 1. The highest BCUT2D eigenvalue weighted by atomic mass is 32.2. The van der Waals surface area contributed by atoms with Crippen LogP contribution in [-0.2, 0) is 14.8 Å². The molecule has 0 radical (unpaired) electrons. The third kappa shape index (κ3) is 3.06. The lowest BCUT2D eigenvalue weighted by Gasteiger charge is -2.30. The summed E-state index contributed by atoms with van der Waals surface area (Å²) in [6, 6.07) is 7.25. The first-order chi connectivity index (χ1) is 12.5. The van der Waals surface area contributed by atoms with Gasteiger partial charge < -0.3 is 9.80 Å². The van der Waals surface area contributed by atoms with Crippen molar-refractivity contribution in [2.75, 3.05) is 31.6 Å². The van der Waals surface area contributed by atoms with Gasteiger partial charge in [-0.3, -0.25) is 4.79 Å². The number of likely N-dealkylation sites (tertiary alicyclic amines) is 1. The number of benzene rings is 1. The second-order valence-corrected chi connectivity index (χ2v) is 9.55. The molecule has 3 aliphatic rings. The second-order valence-electron chi connectivity index (χ2n) is 7.66. The number of rotatable bonds is 3. The second kappa shape index (κ2) is 6.94. The molecule has 0 aliphatic carbocycles. The third-order valence-electron chi connectivity index (χ3n) is 6.11. The minimum atomic E-state index is -3.50. The van der Waals surface area contributed by atoms with E-state index < -0.39 is 10.0 Å². The van der Waals surface area contributed by atoms with Crippen LogP contribution in [-0.4, -0.2) is 62.3 Å². The van der Waals surface area contributed by atoms with Crippen molar-refractivity contribution >= 4 is 21.6 Å². The number of fused-ring (bicyclic) bond motifs is 1. The zero-order valence-corrected chi connectivity index (χ0v) is 16.1. The van der Waals surface area contributed by atoms with Crippen LogP contribution in [0.15, 0.2) is 29.2 Å². The molecule has 3 heterocycles. The van der Waals surface area contributed by atoms with Gasteiger partial charge in [0.15, 0.2) is 0 Å². The number of carbonyl (C=O) groups excluding carboxylic acids is 1. The maximum Gasteiger partial charge on any atom is 0.243 e. The molecule has 0 bridgehead atoms. The maximum atomic E-state index is 13.2. The molecule has 0 unspecified atom stereocenters. The molecule has 1 aromatic carbocycles. The van der Waals surface area contributed by atoms with Gasteiger partial charge in [-0.15, -0.1) is 0 Å². The summed E-state index contributed by atoms with van der Waals surface area (Å²) in [5, 5.41) is 0. The number of likely N-dealkylation sites (N-methyl/N-ethyl adjacent to an activating group) is 1. The van der Waals surface area contributed by atoms with Crippen LogP contribution in [0, 0.1) is 0 Å². The number of hydrogen-bond donors (Lipinski definition) is 0. The fourth-order valence-corrected chi connectivity index (χ4v) is 6.39. The van der Waals surface area contributed by atoms with Crippen molar-refractivity contribution in [1.29, 1.82) is 0 Å². The van der Waals surface area contributed by atoms with Gasteiger partial charge in [0.1, 0.15) is 0 Å². The van der Waals surface area contributed by atoms with Crippen LogP contribution in [0.1, 0.15) is 38.5 Å². The number of sulfonamides is 1. The number of carbonyl (C=O) groups is 1. The van der Waals surface area contributed by atoms with E-state index in [9.17, 15) is 13.2 Å². The molecular formula is C19H27N3O3S. The van der Waals surface area contributed by atoms with E-state index in [0.29, 0.717) is 30.4 Å². The molecule has 7 heteroatoms. The SMILES string of the molecule is CN1CCCC[C@@H]2[C@H]1CCN2S(=O)(=O)c1ccc(N2CCCC2=O)cc1. The van der Waals surface area contributed by atoms with E-state index in [4.69, 9.17) is 0 Å². The fraction of sp³-hybridized carbons (Fsp3) is 0.632. The third-order valence-corrected chi connectivity index (χ3v) is 8.05. The summed E-state index contributed by atoms with van der Waals surface area (Å²) >= 11 is 0. The Labute approximate surface area is 155 Å². The Bertz CT molecular complexity index is 778. The Balaban J connectivity index is 1.57. The lowest BCUT2D eigenvalue weighted by molar-refractivity contribution is -0.117. The summed E-state index contributed by atoms with van der Waals surface area (Å²) in [5.41, 5.74) is 0.792. The van der Waals surface area contributed by atoms with E-state index in [1.54, 1.807) is 33.5 Å². The summed E-state index contributed by atoms with van der Waals surface area (Å²) in [7, 11) is -1.39. The lowest BCUT2D eigenvalue weighted by atomic mass is 10.1. The standard InChI is InChI=1S/C19H27N3O3S/c1-20-12-3-2-5-18-17(20)11-14-22(18)26(24,25)16-9-7-15(8-10-16)21-13-4-6-19(21)23/h7-10,17-18H,2-6,11-14H2,1H3/t17-,18-/m1/s1. The van der Waals surface area contributed by atoms with Crippen molar-refractivity contribution in [2.45, 2.75) is 55.5 Å². The summed E-state index contributed by atoms with van der Waals surface area (Å²) in [4.78, 5) is 16.3. The molecule has 4 rings (SSSR count). The van der Waals surface area contributed by atoms with E-state index in [1.165, 1.54) is 0 Å². The van der Waals surface area contributed by atoms with Gasteiger partial charge in [0.25, 0.3) is 0 Å². The fourth-order valence-electron chi connectivity index (χ4n) is 4.69. The zero-order chi connectivity index (χ0) is 18.3. The molecule has 3 fully saturated rings. The van der Waals surface area contributed by atoms with E-state index in [2.05, 4.69) is 11.9 Å². The monoisotopic (exact) mass is 377 g/mol. The van der Waals surface area contributed by atoms with E-state index in [0.717, 1.165) is 44.3 Å². The predicted octanol–water partition coefficient (Wildman–Crippen LogP) is 2.06. The van der Waals surface area contributed by atoms with Crippen LogP contribution >= 0.6 is 0 Å². The lowest BCUT2D eigenvalue weighted by Crippen LogP contribution is -2.44. The van der Waals surface area contributed by atoms with Crippen molar-refractivity contribution in [2.24, 2.45) is 0 Å². The molecular weight excluding hydrogens is 350 g/mol. The first kappa shape index (κ1) is 17.9. The number of anilines is 1. The van der Waals surface area contributed by atoms with Gasteiger partial charge >= 0.3 is 0 Å². The Morgan fingerprint density at radius 1 is 0.923 bits per heavy atom. The normalized spacial score (nSPS) is 28.3. The number of hydrogen-bond acceptors (Lipinski definition) is 4. The van der Waals surface area contributed by atoms with Crippen LogP contribution in [0.5, 0.6) is 0 Å². The van der Waals surface area contributed by atoms with E-state index in [-0.39, 0.29) is 11.9 Å². The minimum Gasteiger partial charge on any atom is -0.312 e. The molecule has 6 nitrogen and oxygen atoms in total. The van der Waals surface area contributed by atoms with Crippen molar-refractivity contribution in [3.05, 3.63) is 24.3 Å². The highest BCUT2D eigenvalue weighted by molar-refractivity contribution is 7.89. The Hall–Kier alpha value is -1.44. The minimum absolute atomic E-state index is 0.0762. The molecule has 3 aliphatic heterocycles. The summed E-state index contributed by atoms with van der Waals surface area (Å²) in [6.45, 7) is 2.36. The van der Waals surface area contributed by atoms with Gasteiger partial charge in [0.05, 0.1) is 4.90 Å². The van der Waals surface area contributed by atoms with Crippen molar-refractivity contribution in [3.8, 4) is 0 Å². The average Bonchev–Trinajstić information content (AvgIpc) is 3.21.